The average Bonchev–Trinajstić information content (AvgIpc) is 3.26. The number of H-pyrrole nitrogens is 1. The van der Waals surface area contributed by atoms with Crippen molar-refractivity contribution in [3.8, 4) is 0 Å². The van der Waals surface area contributed by atoms with Gasteiger partial charge in [0.1, 0.15) is 5.69 Å². The molecule has 162 valence electrons. The third-order valence-electron chi connectivity index (χ3n) is 4.58. The van der Waals surface area contributed by atoms with Gasteiger partial charge in [0.15, 0.2) is 5.96 Å². The zero-order valence-corrected chi connectivity index (χ0v) is 17.2. The molecule has 1 aliphatic rings. The third kappa shape index (κ3) is 6.52. The summed E-state index contributed by atoms with van der Waals surface area (Å²) in [5, 5.41) is 2.79. The number of aliphatic imine (C=N–C) groups is 1. The summed E-state index contributed by atoms with van der Waals surface area (Å²) in [6.07, 6.45) is -1.18. The van der Waals surface area contributed by atoms with Gasteiger partial charge < -0.3 is 20.9 Å². The van der Waals surface area contributed by atoms with Gasteiger partial charge in [0, 0.05) is 17.4 Å². The number of alkyl halides is 3. The Morgan fingerprint density at radius 2 is 1.93 bits per heavy atom. The Kier molecular flexibility index (Phi) is 9.25. The van der Waals surface area contributed by atoms with Crippen LogP contribution in [0.25, 0.3) is 10.9 Å². The van der Waals surface area contributed by atoms with Gasteiger partial charge >= 0.3 is 6.18 Å². The molecule has 4 N–H and O–H groups in total. The van der Waals surface area contributed by atoms with Crippen molar-refractivity contribution >= 4 is 47.6 Å². The maximum absolute atomic E-state index is 13.1. The van der Waals surface area contributed by atoms with Crippen LogP contribution in [0.15, 0.2) is 29.3 Å². The number of rotatable bonds is 5. The minimum atomic E-state index is -4.50. The smallest absolute Gasteiger partial charge is 0.370 e. The van der Waals surface area contributed by atoms with Gasteiger partial charge in [-0.25, -0.2) is 0 Å². The SMILES string of the molecule is Cl.Cl.NC(=NC(=O)c1cc2c(C(F)(F)F)cccc2[nH]1)NCCCN1CCCC1. The number of carbonyl (C=O) groups excluding carboxylic acids is 1. The maximum atomic E-state index is 13.1. The van der Waals surface area contributed by atoms with Gasteiger partial charge in [-0.3, -0.25) is 4.79 Å². The van der Waals surface area contributed by atoms with Crippen molar-refractivity contribution in [3.63, 3.8) is 0 Å². The van der Waals surface area contributed by atoms with Crippen molar-refractivity contribution in [2.45, 2.75) is 25.4 Å². The number of nitrogens with two attached hydrogens (primary N) is 1. The first-order valence-electron chi connectivity index (χ1n) is 8.88. The second kappa shape index (κ2) is 10.7. The number of hydrogen-bond acceptors (Lipinski definition) is 2. The van der Waals surface area contributed by atoms with Crippen molar-refractivity contribution in [1.82, 2.24) is 15.2 Å². The molecular formula is C18H24Cl2F3N5O. The van der Waals surface area contributed by atoms with Crippen LogP contribution in [0.4, 0.5) is 13.2 Å². The van der Waals surface area contributed by atoms with E-state index < -0.39 is 17.6 Å². The molecule has 1 amide bonds. The van der Waals surface area contributed by atoms with Gasteiger partial charge in [-0.2, -0.15) is 18.2 Å². The molecule has 0 bridgehead atoms. The van der Waals surface area contributed by atoms with Crippen LogP contribution in [-0.4, -0.2) is 47.9 Å². The quantitative estimate of drug-likeness (QED) is 0.367. The molecule has 29 heavy (non-hydrogen) atoms. The standard InChI is InChI=1S/C18H22F3N5O.2ClH/c19-18(20,21)13-5-3-6-14-12(13)11-15(24-14)16(27)25-17(22)23-7-4-10-26-8-1-2-9-26;;/h3,5-6,11,24H,1-2,4,7-10H2,(H3,22,23,25,27);2*1H. The summed E-state index contributed by atoms with van der Waals surface area (Å²) in [6.45, 7) is 3.76. The number of hydrogen-bond donors (Lipinski definition) is 3. The third-order valence-corrected chi connectivity index (χ3v) is 4.58. The number of fused-ring (bicyclic) bond motifs is 1. The van der Waals surface area contributed by atoms with Crippen LogP contribution >= 0.6 is 24.8 Å². The molecule has 2 heterocycles. The van der Waals surface area contributed by atoms with Crippen molar-refractivity contribution in [2.75, 3.05) is 26.2 Å². The predicted molar refractivity (Wildman–Crippen MR) is 112 cm³/mol. The number of guanidine groups is 1. The van der Waals surface area contributed by atoms with E-state index in [0.717, 1.165) is 38.2 Å². The molecule has 0 spiro atoms. The summed E-state index contributed by atoms with van der Waals surface area (Å²) in [5.41, 5.74) is 5.10. The molecule has 3 rings (SSSR count). The fourth-order valence-corrected chi connectivity index (χ4v) is 3.25. The number of benzene rings is 1. The van der Waals surface area contributed by atoms with E-state index in [1.807, 2.05) is 0 Å². The Balaban J connectivity index is 0.00000210. The summed E-state index contributed by atoms with van der Waals surface area (Å²) in [6, 6.07) is 4.90. The van der Waals surface area contributed by atoms with Crippen molar-refractivity contribution in [3.05, 3.63) is 35.5 Å². The molecule has 1 aromatic carbocycles. The van der Waals surface area contributed by atoms with E-state index >= 15 is 0 Å². The van der Waals surface area contributed by atoms with Gasteiger partial charge in [0.25, 0.3) is 5.91 Å². The normalized spacial score (nSPS) is 15.1. The molecule has 1 saturated heterocycles. The van der Waals surface area contributed by atoms with Crippen LogP contribution in [0.1, 0.15) is 35.3 Å². The van der Waals surface area contributed by atoms with E-state index in [1.54, 1.807) is 0 Å². The molecule has 0 radical (unpaired) electrons. The number of halogens is 5. The lowest BCUT2D eigenvalue weighted by Gasteiger charge is -2.14. The topological polar surface area (TPSA) is 86.5 Å². The number of carbonyl (C=O) groups is 1. The highest BCUT2D eigenvalue weighted by molar-refractivity contribution is 6.04. The van der Waals surface area contributed by atoms with E-state index in [2.05, 4.69) is 20.2 Å². The Labute approximate surface area is 178 Å². The van der Waals surface area contributed by atoms with Crippen molar-refractivity contribution in [2.24, 2.45) is 10.7 Å². The van der Waals surface area contributed by atoms with Crippen LogP contribution < -0.4 is 11.1 Å². The van der Waals surface area contributed by atoms with Gasteiger partial charge in [-0.1, -0.05) is 6.07 Å². The summed E-state index contributed by atoms with van der Waals surface area (Å²) in [5.74, 6) is -0.764. The summed E-state index contributed by atoms with van der Waals surface area (Å²) < 4.78 is 39.2. The molecule has 0 saturated carbocycles. The van der Waals surface area contributed by atoms with Crippen molar-refractivity contribution in [1.29, 1.82) is 0 Å². The highest BCUT2D eigenvalue weighted by atomic mass is 35.5. The van der Waals surface area contributed by atoms with Crippen LogP contribution in [-0.2, 0) is 6.18 Å². The summed E-state index contributed by atoms with van der Waals surface area (Å²) in [4.78, 5) is 21.0. The van der Waals surface area contributed by atoms with E-state index in [4.69, 9.17) is 5.73 Å². The minimum Gasteiger partial charge on any atom is -0.370 e. The zero-order valence-electron chi connectivity index (χ0n) is 15.6. The van der Waals surface area contributed by atoms with Crippen molar-refractivity contribution < 1.29 is 18.0 Å². The Morgan fingerprint density at radius 3 is 2.59 bits per heavy atom. The fourth-order valence-electron chi connectivity index (χ4n) is 3.25. The molecule has 1 aliphatic heterocycles. The number of aromatic amines is 1. The molecule has 11 heteroatoms. The number of nitrogens with one attached hydrogen (secondary N) is 2. The molecule has 1 aromatic heterocycles. The number of aromatic nitrogens is 1. The van der Waals surface area contributed by atoms with Crippen LogP contribution in [0.2, 0.25) is 0 Å². The van der Waals surface area contributed by atoms with E-state index in [0.29, 0.717) is 6.54 Å². The monoisotopic (exact) mass is 453 g/mol. The van der Waals surface area contributed by atoms with Gasteiger partial charge in [0.2, 0.25) is 0 Å². The predicted octanol–water partition coefficient (Wildman–Crippen LogP) is 3.56. The van der Waals surface area contributed by atoms with Crippen LogP contribution in [0.3, 0.4) is 0 Å². The molecule has 0 atom stereocenters. The first kappa shape index (κ1) is 25.1. The number of nitrogens with zero attached hydrogens (tertiary/aromatic N) is 2. The number of amides is 1. The highest BCUT2D eigenvalue weighted by Crippen LogP contribution is 2.35. The Hall–Kier alpha value is -1.97. The lowest BCUT2D eigenvalue weighted by atomic mass is 10.1. The first-order chi connectivity index (χ1) is 12.8. The second-order valence-electron chi connectivity index (χ2n) is 6.58. The largest absolute Gasteiger partial charge is 0.417 e. The number of likely N-dealkylation sites (tertiary alicyclic amines) is 1. The van der Waals surface area contributed by atoms with Gasteiger partial charge in [-0.05, 0) is 57.1 Å². The first-order valence-corrected chi connectivity index (χ1v) is 8.88. The average molecular weight is 454 g/mol. The molecule has 2 aromatic rings. The molecule has 6 nitrogen and oxygen atoms in total. The Bertz CT molecular complexity index is 848. The summed E-state index contributed by atoms with van der Waals surface area (Å²) in [7, 11) is 0. The van der Waals surface area contributed by atoms with Crippen LogP contribution in [0.5, 0.6) is 0 Å². The fraction of sp³-hybridized carbons (Fsp3) is 0.444. The van der Waals surface area contributed by atoms with E-state index in [-0.39, 0.29) is 47.4 Å². The second-order valence-corrected chi connectivity index (χ2v) is 6.58. The molecule has 0 aliphatic carbocycles. The Morgan fingerprint density at radius 1 is 1.24 bits per heavy atom. The van der Waals surface area contributed by atoms with Crippen LogP contribution in [0, 0.1) is 0 Å². The summed E-state index contributed by atoms with van der Waals surface area (Å²) >= 11 is 0. The van der Waals surface area contributed by atoms with E-state index in [1.165, 1.54) is 25.0 Å². The van der Waals surface area contributed by atoms with Gasteiger partial charge in [0.05, 0.1) is 5.56 Å². The van der Waals surface area contributed by atoms with E-state index in [9.17, 15) is 18.0 Å². The lowest BCUT2D eigenvalue weighted by molar-refractivity contribution is -0.136. The zero-order chi connectivity index (χ0) is 19.4. The van der Waals surface area contributed by atoms with Gasteiger partial charge in [-0.15, -0.1) is 24.8 Å². The molecule has 0 unspecified atom stereocenters. The minimum absolute atomic E-state index is 0. The highest BCUT2D eigenvalue weighted by Gasteiger charge is 2.33. The molecule has 1 fully saturated rings. The maximum Gasteiger partial charge on any atom is 0.417 e. The lowest BCUT2D eigenvalue weighted by Crippen LogP contribution is -2.34. The molecular weight excluding hydrogens is 430 g/mol.